The van der Waals surface area contributed by atoms with E-state index in [0.29, 0.717) is 41.4 Å². The summed E-state index contributed by atoms with van der Waals surface area (Å²) in [6, 6.07) is 0. The Morgan fingerprint density at radius 3 is 0.558 bits per heavy atom. The van der Waals surface area contributed by atoms with Crippen LogP contribution in [0.1, 0.15) is 521 Å². The van der Waals surface area contributed by atoms with Crippen molar-refractivity contribution in [3.8, 4) is 0 Å². The zero-order valence-corrected chi connectivity index (χ0v) is 83.2. The molecule has 5 atom stereocenters. The predicted octanol–water partition coefficient (Wildman–Crippen LogP) is 35.0. The second-order valence-corrected chi connectivity index (χ2v) is 43.2. The van der Waals surface area contributed by atoms with Crippen LogP contribution in [0, 0.1) is 147 Å². The van der Waals surface area contributed by atoms with Crippen molar-refractivity contribution in [2.24, 2.45) is 147 Å². The van der Waals surface area contributed by atoms with E-state index in [1.807, 2.05) is 0 Å². The van der Waals surface area contributed by atoms with Crippen molar-refractivity contribution in [2.75, 3.05) is 5.75 Å². The monoisotopic (exact) mass is 1610 g/mol. The molecule has 1 amide bonds. The van der Waals surface area contributed by atoms with Crippen molar-refractivity contribution in [1.29, 1.82) is 0 Å². The van der Waals surface area contributed by atoms with E-state index in [9.17, 15) is 13.0 Å². The second kappa shape index (κ2) is 63.3. The molecule has 0 bridgehead atoms. The first kappa shape index (κ1) is 110. The third-order valence-electron chi connectivity index (χ3n) is 32.9. The maximum atomic E-state index is 15.9. The van der Waals surface area contributed by atoms with Crippen LogP contribution in [0.3, 0.4) is 0 Å². The number of hydrogen-bond donors (Lipinski definition) is 1. The fourth-order valence-electron chi connectivity index (χ4n) is 24.3. The molecule has 1 N–H and O–H groups in total. The van der Waals surface area contributed by atoms with Gasteiger partial charge in [-0.25, -0.2) is 8.42 Å². The molecule has 0 spiro atoms. The van der Waals surface area contributed by atoms with Gasteiger partial charge in [0, 0.05) is 11.0 Å². The molecule has 0 aromatic heterocycles. The Kier molecular flexibility index (Phi) is 61.9. The zero-order chi connectivity index (χ0) is 85.1. The van der Waals surface area contributed by atoms with Crippen LogP contribution in [0.25, 0.3) is 0 Å². The standard InChI is InChI=1S/C107H213NO4S/c1-28-53-92(51-24)67-93(52-25)68-99(66-91(49-22)50-23)74-102(73-98(64-89(45-18)46-19)65-90(47-20)48-21)77-104(79-107(54-55-107)105(109)108-106(26,27)80-113(110,111)112)78-103(75-100(69-94(56-81(29-2)30-3)57-82(31-4)32-5)70-95(58-83(33-6)34-7)59-84(35-8)36-9)76-101(71-96(60-85(37-10)38-11)61-86(39-12)40-13)72-97(62-87(41-14)42-15)63-88(43-16)44-17/h81-104H,28-80H2,1-27H3,(H,108,109)(H,110,111,112)/p-1. The highest BCUT2D eigenvalue weighted by Crippen LogP contribution is 2.55. The van der Waals surface area contributed by atoms with Crippen molar-refractivity contribution in [1.82, 2.24) is 5.32 Å². The van der Waals surface area contributed by atoms with Crippen LogP contribution in [-0.2, 0) is 14.9 Å². The highest BCUT2D eigenvalue weighted by Gasteiger charge is 2.52. The van der Waals surface area contributed by atoms with E-state index in [4.69, 9.17) is 0 Å². The number of rotatable bonds is 78. The smallest absolute Gasteiger partial charge is 0.226 e. The summed E-state index contributed by atoms with van der Waals surface area (Å²) in [6.45, 7) is 66.1. The minimum absolute atomic E-state index is 0.0305. The zero-order valence-electron chi connectivity index (χ0n) is 82.4. The lowest BCUT2D eigenvalue weighted by atomic mass is 9.66. The lowest BCUT2D eigenvalue weighted by molar-refractivity contribution is -0.128. The van der Waals surface area contributed by atoms with Gasteiger partial charge in [0.15, 0.2) is 0 Å². The molecule has 5 nitrogen and oxygen atoms in total. The Hall–Kier alpha value is -0.620. The summed E-state index contributed by atoms with van der Waals surface area (Å²) >= 11 is 0. The van der Waals surface area contributed by atoms with E-state index in [2.05, 4.69) is 178 Å². The lowest BCUT2D eigenvalue weighted by Crippen LogP contribution is -2.51. The Morgan fingerprint density at radius 2 is 0.407 bits per heavy atom. The van der Waals surface area contributed by atoms with Crippen molar-refractivity contribution < 1.29 is 17.8 Å². The van der Waals surface area contributed by atoms with Crippen LogP contribution in [0.2, 0.25) is 0 Å². The Labute approximate surface area is 714 Å². The Bertz CT molecular complexity index is 2070. The molecule has 0 aromatic rings. The third-order valence-corrected chi connectivity index (χ3v) is 34.0. The van der Waals surface area contributed by atoms with Crippen LogP contribution in [0.15, 0.2) is 0 Å². The van der Waals surface area contributed by atoms with Gasteiger partial charge in [0.05, 0.1) is 15.9 Å². The van der Waals surface area contributed by atoms with Gasteiger partial charge in [-0.2, -0.15) is 0 Å². The van der Waals surface area contributed by atoms with Crippen molar-refractivity contribution in [2.45, 2.75) is 526 Å². The largest absolute Gasteiger partial charge is 0.748 e. The predicted molar refractivity (Wildman–Crippen MR) is 505 cm³/mol. The topological polar surface area (TPSA) is 86.3 Å². The maximum absolute atomic E-state index is 15.9. The molecule has 1 saturated carbocycles. The van der Waals surface area contributed by atoms with E-state index in [1.54, 1.807) is 13.8 Å². The fourth-order valence-corrected chi connectivity index (χ4v) is 25.3. The number of amides is 1. The summed E-state index contributed by atoms with van der Waals surface area (Å²) < 4.78 is 38.4. The van der Waals surface area contributed by atoms with Gasteiger partial charge in [0.1, 0.15) is 0 Å². The second-order valence-electron chi connectivity index (χ2n) is 41.8. The number of carbonyl (C=O) groups is 1. The van der Waals surface area contributed by atoms with Gasteiger partial charge >= 0.3 is 0 Å². The molecule has 1 aliphatic carbocycles. The van der Waals surface area contributed by atoms with Gasteiger partial charge in [-0.3, -0.25) is 4.79 Å². The first-order valence-electron chi connectivity index (χ1n) is 52.2. The quantitative estimate of drug-likeness (QED) is 0.0615. The van der Waals surface area contributed by atoms with Crippen molar-refractivity contribution >= 4 is 16.0 Å². The highest BCUT2D eigenvalue weighted by atomic mass is 32.2. The SMILES string of the molecule is CCCC(CC)CC(CC)CC(CC(CC)CC)CC(CC(CC(CC)CC)CC(CC)CC)CC(CC(CC(CC(CC(CC)CC)CC(CC)CC)CC(CC(CC)CC)CC(CC)CC)CC(CC(CC(CC)CC)CC(CC)CC)CC(CC(CC)CC)CC(CC)CC)CC1(C(=O)NC(C)(C)CS(=O)(=O)[O-])CC1. The van der Waals surface area contributed by atoms with Crippen LogP contribution in [0.4, 0.5) is 0 Å². The molecule has 0 aliphatic heterocycles. The van der Waals surface area contributed by atoms with Crippen LogP contribution in [0.5, 0.6) is 0 Å². The Morgan fingerprint density at radius 1 is 0.257 bits per heavy atom. The minimum atomic E-state index is -4.60. The molecule has 0 aromatic carbocycles. The van der Waals surface area contributed by atoms with Crippen LogP contribution < -0.4 is 5.32 Å². The molecular formula is C107H212NO4S-. The molecule has 113 heavy (non-hydrogen) atoms. The molecule has 1 rings (SSSR count). The molecular weight excluding hydrogens is 1400 g/mol. The highest BCUT2D eigenvalue weighted by molar-refractivity contribution is 7.85. The van der Waals surface area contributed by atoms with Crippen LogP contribution in [-0.4, -0.2) is 30.2 Å². The van der Waals surface area contributed by atoms with E-state index >= 15 is 4.79 Å². The van der Waals surface area contributed by atoms with Gasteiger partial charge in [-0.15, -0.1) is 0 Å². The average molecular weight is 1610 g/mol. The summed E-state index contributed by atoms with van der Waals surface area (Å²) in [7, 11) is -4.60. The number of carbonyl (C=O) groups excluding carboxylic acids is 1. The molecule has 1 fully saturated rings. The van der Waals surface area contributed by atoms with Gasteiger partial charge in [0.2, 0.25) is 5.91 Å². The molecule has 0 saturated heterocycles. The molecule has 0 heterocycles. The summed E-state index contributed by atoms with van der Waals surface area (Å²) in [4.78, 5) is 15.9. The summed E-state index contributed by atoms with van der Waals surface area (Å²) in [6.07, 6.45) is 67.1. The van der Waals surface area contributed by atoms with Gasteiger partial charge in [-0.05, 0) is 323 Å². The summed E-state index contributed by atoms with van der Waals surface area (Å²) in [5, 5.41) is 3.39. The van der Waals surface area contributed by atoms with E-state index in [0.717, 1.165) is 120 Å². The van der Waals surface area contributed by atoms with Crippen molar-refractivity contribution in [3.63, 3.8) is 0 Å². The van der Waals surface area contributed by atoms with E-state index < -0.39 is 26.8 Å². The normalized spacial score (nSPS) is 15.5. The first-order chi connectivity index (χ1) is 54.0. The molecule has 5 unspecified atom stereocenters. The molecule has 1 aliphatic rings. The average Bonchev–Trinajstić information content (AvgIpc) is 1.62. The van der Waals surface area contributed by atoms with Crippen LogP contribution >= 0.6 is 0 Å². The van der Waals surface area contributed by atoms with E-state index in [-0.39, 0.29) is 5.91 Å². The summed E-state index contributed by atoms with van der Waals surface area (Å²) in [5.41, 5.74) is -1.71. The summed E-state index contributed by atoms with van der Waals surface area (Å²) in [5.74, 6) is 16.5. The third kappa shape index (κ3) is 46.4. The molecule has 676 valence electrons. The number of nitrogens with one attached hydrogen (secondary N) is 1. The first-order valence-corrected chi connectivity index (χ1v) is 53.8. The van der Waals surface area contributed by atoms with Gasteiger partial charge in [-0.1, -0.05) is 340 Å². The lowest BCUT2D eigenvalue weighted by Gasteiger charge is -2.39. The molecule has 0 radical (unpaired) electrons. The van der Waals surface area contributed by atoms with Gasteiger partial charge in [0.25, 0.3) is 0 Å². The van der Waals surface area contributed by atoms with E-state index in [1.165, 1.54) is 315 Å². The maximum Gasteiger partial charge on any atom is 0.226 e. The number of hydrogen-bond acceptors (Lipinski definition) is 4. The minimum Gasteiger partial charge on any atom is -0.748 e. The fraction of sp³-hybridized carbons (Fsp3) is 0.991. The van der Waals surface area contributed by atoms with Gasteiger partial charge < -0.3 is 9.87 Å². The van der Waals surface area contributed by atoms with Crippen molar-refractivity contribution in [3.05, 3.63) is 0 Å². The Balaban J connectivity index is 5.43. The molecule has 6 heteroatoms.